The molecule has 152 valence electrons. The lowest BCUT2D eigenvalue weighted by Crippen LogP contribution is -2.22. The molecule has 1 N–H and O–H groups in total. The van der Waals surface area contributed by atoms with E-state index in [0.29, 0.717) is 18.7 Å². The van der Waals surface area contributed by atoms with Crippen LogP contribution in [0.1, 0.15) is 28.8 Å². The van der Waals surface area contributed by atoms with E-state index in [0.717, 1.165) is 41.6 Å². The second kappa shape index (κ2) is 9.74. The summed E-state index contributed by atoms with van der Waals surface area (Å²) >= 11 is 0. The van der Waals surface area contributed by atoms with Gasteiger partial charge in [0.25, 0.3) is 5.91 Å². The van der Waals surface area contributed by atoms with Crippen LogP contribution in [0.4, 0.5) is 0 Å². The summed E-state index contributed by atoms with van der Waals surface area (Å²) in [5.41, 5.74) is 2.52. The number of ether oxygens (including phenoxy) is 1. The molecule has 0 unspecified atom stereocenters. The van der Waals surface area contributed by atoms with E-state index in [4.69, 9.17) is 4.74 Å². The molecule has 0 radical (unpaired) electrons. The number of aryl methyl sites for hydroxylation is 1. The Labute approximate surface area is 176 Å². The summed E-state index contributed by atoms with van der Waals surface area (Å²) in [6.07, 6.45) is 7.97. The van der Waals surface area contributed by atoms with Gasteiger partial charge in [-0.25, -0.2) is 0 Å². The van der Waals surface area contributed by atoms with E-state index in [2.05, 4.69) is 27.3 Å². The third-order valence-corrected chi connectivity index (χ3v) is 4.96. The van der Waals surface area contributed by atoms with Gasteiger partial charge in [-0.1, -0.05) is 18.2 Å². The summed E-state index contributed by atoms with van der Waals surface area (Å²) in [7, 11) is 0. The van der Waals surface area contributed by atoms with Gasteiger partial charge in [-0.15, -0.1) is 0 Å². The maximum Gasteiger partial charge on any atom is 0.251 e. The van der Waals surface area contributed by atoms with Crippen molar-refractivity contribution in [2.24, 2.45) is 0 Å². The molecule has 0 saturated heterocycles. The molecule has 0 spiro atoms. The second-order valence-corrected chi connectivity index (χ2v) is 7.22. The zero-order valence-electron chi connectivity index (χ0n) is 16.8. The van der Waals surface area contributed by atoms with Crippen molar-refractivity contribution in [3.05, 3.63) is 96.4 Å². The Kier molecular flexibility index (Phi) is 6.40. The number of hydrogen-bond donors (Lipinski definition) is 1. The fraction of sp³-hybridized carbons (Fsp3) is 0.200. The van der Waals surface area contributed by atoms with E-state index in [1.165, 1.54) is 0 Å². The van der Waals surface area contributed by atoms with Crippen molar-refractivity contribution in [1.82, 2.24) is 14.9 Å². The fourth-order valence-corrected chi connectivity index (χ4v) is 3.35. The minimum Gasteiger partial charge on any atom is -0.494 e. The van der Waals surface area contributed by atoms with Gasteiger partial charge in [0.15, 0.2) is 0 Å². The number of rotatable bonds is 9. The van der Waals surface area contributed by atoms with Crippen molar-refractivity contribution in [1.29, 1.82) is 0 Å². The number of fused-ring (bicyclic) bond motifs is 1. The molecule has 2 heterocycles. The molecule has 2 aromatic carbocycles. The van der Waals surface area contributed by atoms with Crippen LogP contribution >= 0.6 is 0 Å². The minimum absolute atomic E-state index is 0.0999. The summed E-state index contributed by atoms with van der Waals surface area (Å²) in [4.78, 5) is 16.8. The molecule has 1 amide bonds. The van der Waals surface area contributed by atoms with Crippen molar-refractivity contribution in [2.75, 3.05) is 6.61 Å². The predicted molar refractivity (Wildman–Crippen MR) is 119 cm³/mol. The Morgan fingerprint density at radius 2 is 1.87 bits per heavy atom. The maximum absolute atomic E-state index is 12.5. The summed E-state index contributed by atoms with van der Waals surface area (Å²) in [5.74, 6) is 0.733. The molecule has 2 aromatic heterocycles. The van der Waals surface area contributed by atoms with Crippen LogP contribution in [0.15, 0.2) is 85.3 Å². The topological polar surface area (TPSA) is 56.1 Å². The molecule has 0 fully saturated rings. The van der Waals surface area contributed by atoms with Crippen molar-refractivity contribution in [2.45, 2.75) is 25.9 Å². The van der Waals surface area contributed by atoms with Gasteiger partial charge in [0, 0.05) is 42.6 Å². The highest BCUT2D eigenvalue weighted by Gasteiger charge is 2.07. The van der Waals surface area contributed by atoms with Crippen LogP contribution in [0.3, 0.4) is 0 Å². The number of benzene rings is 2. The van der Waals surface area contributed by atoms with E-state index >= 15 is 0 Å². The first-order valence-electron chi connectivity index (χ1n) is 10.2. The molecule has 0 bridgehead atoms. The normalized spacial score (nSPS) is 10.8. The van der Waals surface area contributed by atoms with Crippen LogP contribution in [-0.4, -0.2) is 22.1 Å². The molecule has 0 saturated carbocycles. The number of pyridine rings is 1. The van der Waals surface area contributed by atoms with E-state index in [1.54, 1.807) is 12.3 Å². The first-order chi connectivity index (χ1) is 14.8. The Hall–Kier alpha value is -3.60. The fourth-order valence-electron chi connectivity index (χ4n) is 3.35. The lowest BCUT2D eigenvalue weighted by atomic mass is 10.1. The maximum atomic E-state index is 12.5. The van der Waals surface area contributed by atoms with Gasteiger partial charge in [-0.3, -0.25) is 9.78 Å². The molecule has 0 aliphatic carbocycles. The van der Waals surface area contributed by atoms with Crippen molar-refractivity contribution < 1.29 is 9.53 Å². The zero-order valence-corrected chi connectivity index (χ0v) is 16.8. The third kappa shape index (κ3) is 5.26. The molecule has 4 rings (SSSR count). The third-order valence-electron chi connectivity index (χ3n) is 4.96. The molecule has 5 nitrogen and oxygen atoms in total. The lowest BCUT2D eigenvalue weighted by Gasteiger charge is -2.10. The Bertz CT molecular complexity index is 1110. The Balaban J connectivity index is 1.25. The van der Waals surface area contributed by atoms with Crippen molar-refractivity contribution in [3.8, 4) is 5.75 Å². The average Bonchev–Trinajstić information content (AvgIpc) is 3.31. The summed E-state index contributed by atoms with van der Waals surface area (Å²) < 4.78 is 8.05. The molecule has 4 aromatic rings. The Morgan fingerprint density at radius 1 is 0.967 bits per heavy atom. The lowest BCUT2D eigenvalue weighted by molar-refractivity contribution is 0.0951. The summed E-state index contributed by atoms with van der Waals surface area (Å²) in [5, 5.41) is 3.94. The number of nitrogens with one attached hydrogen (secondary N) is 1. The van der Waals surface area contributed by atoms with E-state index in [-0.39, 0.29) is 5.91 Å². The van der Waals surface area contributed by atoms with Gasteiger partial charge in [-0.2, -0.15) is 0 Å². The number of carbonyl (C=O) groups excluding carboxylic acids is 1. The van der Waals surface area contributed by atoms with Crippen LogP contribution < -0.4 is 10.1 Å². The van der Waals surface area contributed by atoms with Gasteiger partial charge in [0.05, 0.1) is 12.1 Å². The summed E-state index contributed by atoms with van der Waals surface area (Å²) in [6.45, 7) is 2.14. The quantitative estimate of drug-likeness (QED) is 0.410. The van der Waals surface area contributed by atoms with Gasteiger partial charge in [0.2, 0.25) is 0 Å². The predicted octanol–water partition coefficient (Wildman–Crippen LogP) is 4.83. The minimum atomic E-state index is -0.0999. The van der Waals surface area contributed by atoms with Crippen LogP contribution in [0.25, 0.3) is 10.9 Å². The molecule has 5 heteroatoms. The first kappa shape index (κ1) is 19.7. The van der Waals surface area contributed by atoms with Gasteiger partial charge in [-0.05, 0) is 66.9 Å². The smallest absolute Gasteiger partial charge is 0.251 e. The summed E-state index contributed by atoms with van der Waals surface area (Å²) in [6, 6.07) is 21.3. The highest BCUT2D eigenvalue weighted by atomic mass is 16.5. The molecule has 30 heavy (non-hydrogen) atoms. The second-order valence-electron chi connectivity index (χ2n) is 7.22. The number of amides is 1. The van der Waals surface area contributed by atoms with Gasteiger partial charge >= 0.3 is 0 Å². The van der Waals surface area contributed by atoms with Crippen LogP contribution in [0.2, 0.25) is 0 Å². The largest absolute Gasteiger partial charge is 0.494 e. The number of aromatic nitrogens is 2. The molecular formula is C25H25N3O2. The monoisotopic (exact) mass is 399 g/mol. The number of nitrogens with zero attached hydrogens (tertiary/aromatic N) is 2. The number of hydrogen-bond acceptors (Lipinski definition) is 3. The number of unbranched alkanes of at least 4 members (excludes halogenated alkanes) is 1. The van der Waals surface area contributed by atoms with Crippen LogP contribution in [0, 0.1) is 0 Å². The van der Waals surface area contributed by atoms with Crippen molar-refractivity contribution in [3.63, 3.8) is 0 Å². The van der Waals surface area contributed by atoms with E-state index < -0.39 is 0 Å². The molecule has 0 aliphatic rings. The highest BCUT2D eigenvalue weighted by molar-refractivity contribution is 5.97. The van der Waals surface area contributed by atoms with Gasteiger partial charge < -0.3 is 14.6 Å². The standard InChI is InChI=1S/C25H25N3O2/c29-25(22-10-11-24-21(18-22)8-6-12-26-24)27-19-20-7-5-9-23(17-20)30-16-4-3-15-28-13-1-2-14-28/h1-2,5-14,17-18H,3-4,15-16,19H2,(H,27,29). The van der Waals surface area contributed by atoms with Gasteiger partial charge in [0.1, 0.15) is 5.75 Å². The van der Waals surface area contributed by atoms with Crippen molar-refractivity contribution >= 4 is 16.8 Å². The molecular weight excluding hydrogens is 374 g/mol. The highest BCUT2D eigenvalue weighted by Crippen LogP contribution is 2.15. The van der Waals surface area contributed by atoms with E-state index in [9.17, 15) is 4.79 Å². The molecule has 0 atom stereocenters. The van der Waals surface area contributed by atoms with Crippen LogP contribution in [-0.2, 0) is 13.1 Å². The van der Waals surface area contributed by atoms with Crippen LogP contribution in [0.5, 0.6) is 5.75 Å². The first-order valence-corrected chi connectivity index (χ1v) is 10.2. The molecule has 0 aliphatic heterocycles. The zero-order chi connectivity index (χ0) is 20.6. The average molecular weight is 399 g/mol. The number of carbonyl (C=O) groups is 1. The van der Waals surface area contributed by atoms with E-state index in [1.807, 2.05) is 60.7 Å². The Morgan fingerprint density at radius 3 is 2.77 bits per heavy atom. The SMILES string of the molecule is O=C(NCc1cccc(OCCCCn2cccc2)c1)c1ccc2ncccc2c1.